The third-order valence-electron chi connectivity index (χ3n) is 3.18. The predicted molar refractivity (Wildman–Crippen MR) is 73.4 cm³/mol. The highest BCUT2D eigenvalue weighted by Gasteiger charge is 2.41. The maximum absolute atomic E-state index is 11.9. The number of nitrogens with one attached hydrogen (secondary N) is 1. The van der Waals surface area contributed by atoms with Crippen LogP contribution in [0.2, 0.25) is 0 Å². The fourth-order valence-corrected chi connectivity index (χ4v) is 2.46. The maximum Gasteiger partial charge on any atom is 0.251 e. The second kappa shape index (κ2) is 4.67. The average Bonchev–Trinajstić information content (AvgIpc) is 2.34. The molecule has 1 fully saturated rings. The van der Waals surface area contributed by atoms with Gasteiger partial charge in [0.2, 0.25) is 5.91 Å². The molecule has 0 radical (unpaired) electrons. The number of hydrogen-bond donors (Lipinski definition) is 1. The van der Waals surface area contributed by atoms with Crippen LogP contribution in [0.4, 0.5) is 5.69 Å². The van der Waals surface area contributed by atoms with E-state index in [9.17, 15) is 14.9 Å². The van der Waals surface area contributed by atoms with Gasteiger partial charge in [0.25, 0.3) is 5.91 Å². The van der Waals surface area contributed by atoms with Crippen molar-refractivity contribution in [3.63, 3.8) is 0 Å². The Kier molecular flexibility index (Phi) is 3.33. The largest absolute Gasteiger partial charge is 0.347 e. The van der Waals surface area contributed by atoms with E-state index in [2.05, 4.69) is 27.3 Å². The number of nitrogens with zero attached hydrogens (tertiary/aromatic N) is 2. The number of carbonyl (C=O) groups excluding carboxylic acids is 2. The summed E-state index contributed by atoms with van der Waals surface area (Å²) < 4.78 is 0.640. The van der Waals surface area contributed by atoms with Crippen molar-refractivity contribution in [2.75, 3.05) is 11.4 Å². The maximum atomic E-state index is 11.9. The molecule has 0 bridgehead atoms. The molecule has 0 aliphatic carbocycles. The fourth-order valence-electron chi connectivity index (χ4n) is 2.02. The van der Waals surface area contributed by atoms with Crippen LogP contribution < -0.4 is 10.2 Å². The molecule has 0 unspecified atom stereocenters. The van der Waals surface area contributed by atoms with E-state index < -0.39 is 5.54 Å². The molecule has 1 saturated heterocycles. The van der Waals surface area contributed by atoms with Crippen LogP contribution in [0.5, 0.6) is 0 Å². The number of amides is 2. The van der Waals surface area contributed by atoms with E-state index in [1.54, 1.807) is 36.9 Å². The van der Waals surface area contributed by atoms with Crippen molar-refractivity contribution < 1.29 is 9.59 Å². The molecule has 5 nitrogen and oxygen atoms in total. The van der Waals surface area contributed by atoms with Gasteiger partial charge in [0.15, 0.2) is 0 Å². The lowest BCUT2D eigenvalue weighted by molar-refractivity contribution is -0.135. The van der Waals surface area contributed by atoms with Gasteiger partial charge in [0, 0.05) is 4.47 Å². The molecule has 0 spiro atoms. The van der Waals surface area contributed by atoms with Crippen LogP contribution >= 0.6 is 15.9 Å². The second-order valence-corrected chi connectivity index (χ2v) is 5.62. The number of hydrogen-bond acceptors (Lipinski definition) is 4. The summed E-state index contributed by atoms with van der Waals surface area (Å²) in [7, 11) is 0. The quantitative estimate of drug-likeness (QED) is 0.797. The molecule has 1 aliphatic heterocycles. The molecular formula is C13H12BrN3O2. The van der Waals surface area contributed by atoms with E-state index in [0.717, 1.165) is 0 Å². The summed E-state index contributed by atoms with van der Waals surface area (Å²) in [5.41, 5.74) is 0.100. The lowest BCUT2D eigenvalue weighted by Gasteiger charge is -2.42. The number of halogens is 1. The number of carbonyl (C=O) groups is 2. The number of imide groups is 1. The van der Waals surface area contributed by atoms with E-state index in [4.69, 9.17) is 0 Å². The lowest BCUT2D eigenvalue weighted by Crippen LogP contribution is -2.64. The Balaban J connectivity index is 2.57. The van der Waals surface area contributed by atoms with Crippen molar-refractivity contribution in [1.29, 1.82) is 5.26 Å². The predicted octanol–water partition coefficient (Wildman–Crippen LogP) is 1.56. The van der Waals surface area contributed by atoms with Gasteiger partial charge in [-0.15, -0.1) is 0 Å². The van der Waals surface area contributed by atoms with Crippen LogP contribution in [0.1, 0.15) is 19.4 Å². The van der Waals surface area contributed by atoms with Crippen molar-refractivity contribution in [2.45, 2.75) is 19.4 Å². The lowest BCUT2D eigenvalue weighted by atomic mass is 9.96. The van der Waals surface area contributed by atoms with Crippen molar-refractivity contribution in [3.05, 3.63) is 28.2 Å². The van der Waals surface area contributed by atoms with E-state index in [-0.39, 0.29) is 18.4 Å². The van der Waals surface area contributed by atoms with Gasteiger partial charge in [-0.1, -0.05) is 6.07 Å². The molecule has 19 heavy (non-hydrogen) atoms. The first-order valence-electron chi connectivity index (χ1n) is 5.68. The molecule has 2 rings (SSSR count). The van der Waals surface area contributed by atoms with Gasteiger partial charge in [-0.3, -0.25) is 14.9 Å². The first-order chi connectivity index (χ1) is 8.87. The van der Waals surface area contributed by atoms with Crippen LogP contribution in [-0.2, 0) is 9.59 Å². The van der Waals surface area contributed by atoms with Crippen molar-refractivity contribution in [3.8, 4) is 6.07 Å². The number of rotatable bonds is 1. The number of benzene rings is 1. The van der Waals surface area contributed by atoms with Crippen LogP contribution in [0, 0.1) is 11.3 Å². The Morgan fingerprint density at radius 1 is 1.42 bits per heavy atom. The van der Waals surface area contributed by atoms with Gasteiger partial charge >= 0.3 is 0 Å². The van der Waals surface area contributed by atoms with E-state index in [1.165, 1.54) is 0 Å². The van der Waals surface area contributed by atoms with Gasteiger partial charge in [-0.25, -0.2) is 0 Å². The zero-order valence-electron chi connectivity index (χ0n) is 10.5. The highest BCUT2D eigenvalue weighted by molar-refractivity contribution is 9.10. The summed E-state index contributed by atoms with van der Waals surface area (Å²) in [5, 5.41) is 11.5. The van der Waals surface area contributed by atoms with Gasteiger partial charge in [-0.2, -0.15) is 5.26 Å². The van der Waals surface area contributed by atoms with Crippen LogP contribution in [0.3, 0.4) is 0 Å². The molecule has 0 saturated carbocycles. The topological polar surface area (TPSA) is 73.2 Å². The molecule has 1 aromatic rings. The zero-order chi connectivity index (χ0) is 14.2. The minimum absolute atomic E-state index is 0.0455. The number of piperazine rings is 1. The molecule has 1 aromatic carbocycles. The molecule has 1 N–H and O–H groups in total. The van der Waals surface area contributed by atoms with Gasteiger partial charge in [0.1, 0.15) is 11.6 Å². The van der Waals surface area contributed by atoms with E-state index in [0.29, 0.717) is 15.7 Å². The Labute approximate surface area is 119 Å². The van der Waals surface area contributed by atoms with Crippen molar-refractivity contribution in [2.24, 2.45) is 0 Å². The van der Waals surface area contributed by atoms with E-state index >= 15 is 0 Å². The van der Waals surface area contributed by atoms with Gasteiger partial charge < -0.3 is 4.90 Å². The minimum atomic E-state index is -0.889. The standard InChI is InChI=1S/C13H12BrN3O2/c1-13(2)12(19)16-11(18)7-17(13)10-5-3-4-9(14)8(10)6-15/h3-5H,7H2,1-2H3,(H,16,18,19). The summed E-state index contributed by atoms with van der Waals surface area (Å²) in [6.07, 6.45) is 0. The first kappa shape index (κ1) is 13.6. The summed E-state index contributed by atoms with van der Waals surface area (Å²) in [6, 6.07) is 7.35. The highest BCUT2D eigenvalue weighted by atomic mass is 79.9. The van der Waals surface area contributed by atoms with Gasteiger partial charge in [0.05, 0.1) is 17.8 Å². The molecule has 6 heteroatoms. The normalized spacial score (nSPS) is 17.9. The third kappa shape index (κ3) is 2.22. The summed E-state index contributed by atoms with van der Waals surface area (Å²) >= 11 is 3.31. The molecule has 2 amide bonds. The van der Waals surface area contributed by atoms with E-state index in [1.807, 2.05) is 0 Å². The van der Waals surface area contributed by atoms with Crippen molar-refractivity contribution >= 4 is 33.4 Å². The summed E-state index contributed by atoms with van der Waals surface area (Å²) in [5.74, 6) is -0.735. The monoisotopic (exact) mass is 321 g/mol. The van der Waals surface area contributed by atoms with Crippen LogP contribution in [0.25, 0.3) is 0 Å². The Bertz CT molecular complexity index is 604. The van der Waals surface area contributed by atoms with Crippen LogP contribution in [0.15, 0.2) is 22.7 Å². The van der Waals surface area contributed by atoms with Crippen molar-refractivity contribution in [1.82, 2.24) is 5.32 Å². The Hall–Kier alpha value is -1.87. The average molecular weight is 322 g/mol. The molecule has 0 atom stereocenters. The first-order valence-corrected chi connectivity index (χ1v) is 6.47. The summed E-state index contributed by atoms with van der Waals surface area (Å²) in [4.78, 5) is 25.1. The molecule has 1 heterocycles. The van der Waals surface area contributed by atoms with Crippen LogP contribution in [-0.4, -0.2) is 23.9 Å². The second-order valence-electron chi connectivity index (χ2n) is 4.77. The summed E-state index contributed by atoms with van der Waals surface area (Å²) in [6.45, 7) is 3.48. The third-order valence-corrected chi connectivity index (χ3v) is 3.84. The fraction of sp³-hybridized carbons (Fsp3) is 0.308. The Morgan fingerprint density at radius 3 is 2.74 bits per heavy atom. The van der Waals surface area contributed by atoms with Gasteiger partial charge in [-0.05, 0) is 41.9 Å². The molecule has 0 aromatic heterocycles. The minimum Gasteiger partial charge on any atom is -0.347 e. The number of anilines is 1. The highest BCUT2D eigenvalue weighted by Crippen LogP contribution is 2.32. The Morgan fingerprint density at radius 2 is 2.11 bits per heavy atom. The SMILES string of the molecule is CC1(C)C(=O)NC(=O)CN1c1cccc(Br)c1C#N. The smallest absolute Gasteiger partial charge is 0.251 e. The molecule has 1 aliphatic rings. The number of nitriles is 1. The molecule has 98 valence electrons. The molecular weight excluding hydrogens is 310 g/mol. The zero-order valence-corrected chi connectivity index (χ0v) is 12.1.